The molecule has 5 heteroatoms. The number of hydrogen-bond acceptors (Lipinski definition) is 3. The Balaban J connectivity index is 1.96. The van der Waals surface area contributed by atoms with Crippen molar-refractivity contribution in [3.8, 4) is 0 Å². The molecule has 0 amide bonds. The molecular weight excluding hydrogens is 366 g/mol. The zero-order valence-electron chi connectivity index (χ0n) is 9.71. The summed E-state index contributed by atoms with van der Waals surface area (Å²) in [6.07, 6.45) is 2.46. The Morgan fingerprint density at radius 3 is 2.88 bits per heavy atom. The van der Waals surface area contributed by atoms with Crippen LogP contribution >= 0.6 is 43.2 Å². The van der Waals surface area contributed by atoms with Gasteiger partial charge in [-0.3, -0.25) is 9.69 Å². The highest BCUT2D eigenvalue weighted by Gasteiger charge is 2.24. The molecule has 1 aromatic rings. The van der Waals surface area contributed by atoms with Crippen molar-refractivity contribution in [1.82, 2.24) is 4.90 Å². The molecule has 1 unspecified atom stereocenters. The lowest BCUT2D eigenvalue weighted by molar-refractivity contribution is 0.0943. The Morgan fingerprint density at radius 1 is 1.59 bits per heavy atom. The standard InChI is InChI=1S/C12H15Br2NOS/c1-2-8-3-4-15(6-8)7-10(16)9-5-11(13)17-12(9)14/h5,8H,2-4,6-7H2,1H3. The summed E-state index contributed by atoms with van der Waals surface area (Å²) in [6, 6.07) is 1.91. The quantitative estimate of drug-likeness (QED) is 0.730. The maximum absolute atomic E-state index is 12.1. The fourth-order valence-electron chi connectivity index (χ4n) is 2.21. The molecule has 0 bridgehead atoms. The number of nitrogens with zero attached hydrogens (tertiary/aromatic N) is 1. The summed E-state index contributed by atoms with van der Waals surface area (Å²) >= 11 is 8.40. The SMILES string of the molecule is CCC1CCN(CC(=O)c2cc(Br)sc2Br)C1. The molecule has 2 nitrogen and oxygen atoms in total. The van der Waals surface area contributed by atoms with E-state index in [2.05, 4.69) is 43.7 Å². The van der Waals surface area contributed by atoms with Crippen molar-refractivity contribution >= 4 is 49.0 Å². The summed E-state index contributed by atoms with van der Waals surface area (Å²) < 4.78 is 1.93. The van der Waals surface area contributed by atoms with Gasteiger partial charge in [-0.2, -0.15) is 0 Å². The van der Waals surface area contributed by atoms with Crippen LogP contribution in [0.15, 0.2) is 13.6 Å². The van der Waals surface area contributed by atoms with Gasteiger partial charge in [0.05, 0.1) is 14.1 Å². The maximum atomic E-state index is 12.1. The van der Waals surface area contributed by atoms with Crippen LogP contribution in [-0.2, 0) is 0 Å². The van der Waals surface area contributed by atoms with Gasteiger partial charge in [0.15, 0.2) is 5.78 Å². The third kappa shape index (κ3) is 3.40. The molecule has 2 rings (SSSR count). The van der Waals surface area contributed by atoms with Crippen molar-refractivity contribution < 1.29 is 4.79 Å². The number of carbonyl (C=O) groups excluding carboxylic acids is 1. The van der Waals surface area contributed by atoms with Crippen LogP contribution in [0.3, 0.4) is 0 Å². The van der Waals surface area contributed by atoms with E-state index in [0.29, 0.717) is 6.54 Å². The number of carbonyl (C=O) groups is 1. The van der Waals surface area contributed by atoms with E-state index in [4.69, 9.17) is 0 Å². The first-order valence-electron chi connectivity index (χ1n) is 5.80. The zero-order chi connectivity index (χ0) is 12.4. The number of thiophene rings is 1. The van der Waals surface area contributed by atoms with Crippen LogP contribution < -0.4 is 0 Å². The largest absolute Gasteiger partial charge is 0.296 e. The minimum Gasteiger partial charge on any atom is -0.296 e. The van der Waals surface area contributed by atoms with Crippen LogP contribution in [0.5, 0.6) is 0 Å². The molecule has 17 heavy (non-hydrogen) atoms. The number of hydrogen-bond donors (Lipinski definition) is 0. The van der Waals surface area contributed by atoms with Crippen LogP contribution in [0.25, 0.3) is 0 Å². The summed E-state index contributed by atoms with van der Waals surface area (Å²) in [7, 11) is 0. The highest BCUT2D eigenvalue weighted by molar-refractivity contribution is 9.12. The van der Waals surface area contributed by atoms with E-state index < -0.39 is 0 Å². The number of likely N-dealkylation sites (tertiary alicyclic amines) is 1. The molecule has 94 valence electrons. The molecule has 1 saturated heterocycles. The molecular formula is C12H15Br2NOS. The van der Waals surface area contributed by atoms with Gasteiger partial charge in [0.2, 0.25) is 0 Å². The van der Waals surface area contributed by atoms with Crippen molar-refractivity contribution in [2.24, 2.45) is 5.92 Å². The minimum absolute atomic E-state index is 0.218. The summed E-state index contributed by atoms with van der Waals surface area (Å²) in [5.74, 6) is 0.996. The third-order valence-electron chi connectivity index (χ3n) is 3.27. The zero-order valence-corrected chi connectivity index (χ0v) is 13.7. The first-order valence-corrected chi connectivity index (χ1v) is 8.20. The van der Waals surface area contributed by atoms with Gasteiger partial charge >= 0.3 is 0 Å². The summed E-state index contributed by atoms with van der Waals surface area (Å²) in [5.41, 5.74) is 0.807. The van der Waals surface area contributed by atoms with E-state index in [9.17, 15) is 4.79 Å². The fraction of sp³-hybridized carbons (Fsp3) is 0.583. The van der Waals surface area contributed by atoms with Crippen LogP contribution in [-0.4, -0.2) is 30.3 Å². The predicted octanol–water partition coefficient (Wildman–Crippen LogP) is 4.19. The van der Waals surface area contributed by atoms with E-state index in [1.807, 2.05) is 6.07 Å². The predicted molar refractivity (Wildman–Crippen MR) is 78.9 cm³/mol. The number of ketones is 1. The molecule has 0 aromatic carbocycles. The van der Waals surface area contributed by atoms with Gasteiger partial charge in [0, 0.05) is 12.1 Å². The van der Waals surface area contributed by atoms with E-state index >= 15 is 0 Å². The first kappa shape index (κ1) is 13.7. The average Bonchev–Trinajstić information content (AvgIpc) is 2.85. The van der Waals surface area contributed by atoms with Gasteiger partial charge in [-0.05, 0) is 56.8 Å². The molecule has 0 radical (unpaired) electrons. The minimum atomic E-state index is 0.218. The van der Waals surface area contributed by atoms with Crippen LogP contribution in [0.4, 0.5) is 0 Å². The maximum Gasteiger partial charge on any atom is 0.178 e. The van der Waals surface area contributed by atoms with Crippen molar-refractivity contribution in [3.05, 3.63) is 19.2 Å². The highest BCUT2D eigenvalue weighted by Crippen LogP contribution is 2.32. The monoisotopic (exact) mass is 379 g/mol. The van der Waals surface area contributed by atoms with Gasteiger partial charge < -0.3 is 0 Å². The normalized spacial score (nSPS) is 21.0. The molecule has 0 saturated carbocycles. The van der Waals surface area contributed by atoms with Crippen LogP contribution in [0, 0.1) is 5.92 Å². The Morgan fingerprint density at radius 2 is 2.35 bits per heavy atom. The second-order valence-corrected chi connectivity index (χ2v) is 8.21. The Bertz CT molecular complexity index is 419. The molecule has 1 aromatic heterocycles. The second-order valence-electron chi connectivity index (χ2n) is 4.46. The van der Waals surface area contributed by atoms with Crippen molar-refractivity contribution in [1.29, 1.82) is 0 Å². The Labute approximate surface area is 123 Å². The highest BCUT2D eigenvalue weighted by atomic mass is 79.9. The van der Waals surface area contributed by atoms with Crippen molar-refractivity contribution in [2.75, 3.05) is 19.6 Å². The molecule has 0 N–H and O–H groups in total. The molecule has 1 atom stereocenters. The van der Waals surface area contributed by atoms with E-state index in [1.165, 1.54) is 12.8 Å². The summed E-state index contributed by atoms with van der Waals surface area (Å²) in [6.45, 7) is 4.92. The number of rotatable bonds is 4. The summed E-state index contributed by atoms with van der Waals surface area (Å²) in [5, 5.41) is 0. The van der Waals surface area contributed by atoms with Gasteiger partial charge in [0.1, 0.15) is 0 Å². The topological polar surface area (TPSA) is 20.3 Å². The average molecular weight is 381 g/mol. The van der Waals surface area contributed by atoms with Gasteiger partial charge in [0.25, 0.3) is 0 Å². The van der Waals surface area contributed by atoms with E-state index in [1.54, 1.807) is 11.3 Å². The fourth-order valence-corrected chi connectivity index (χ4v) is 5.06. The number of Topliss-reactive ketones (excluding diaryl/α,β-unsaturated/α-hetero) is 1. The third-order valence-corrected chi connectivity index (χ3v) is 5.61. The Hall–Kier alpha value is 0.290. The van der Waals surface area contributed by atoms with Crippen molar-refractivity contribution in [2.45, 2.75) is 19.8 Å². The lowest BCUT2D eigenvalue weighted by Gasteiger charge is -2.14. The van der Waals surface area contributed by atoms with Crippen LogP contribution in [0.1, 0.15) is 30.1 Å². The molecule has 1 aliphatic heterocycles. The molecule has 1 fully saturated rings. The van der Waals surface area contributed by atoms with Crippen molar-refractivity contribution in [3.63, 3.8) is 0 Å². The van der Waals surface area contributed by atoms with Gasteiger partial charge in [-0.25, -0.2) is 0 Å². The van der Waals surface area contributed by atoms with Crippen LogP contribution in [0.2, 0.25) is 0 Å². The molecule has 2 heterocycles. The van der Waals surface area contributed by atoms with E-state index in [-0.39, 0.29) is 5.78 Å². The van der Waals surface area contributed by atoms with Gasteiger partial charge in [-0.1, -0.05) is 13.3 Å². The first-order chi connectivity index (χ1) is 8.10. The second kappa shape index (κ2) is 5.95. The summed E-state index contributed by atoms with van der Waals surface area (Å²) in [4.78, 5) is 14.4. The lowest BCUT2D eigenvalue weighted by atomic mass is 10.1. The molecule has 1 aliphatic rings. The smallest absolute Gasteiger partial charge is 0.178 e. The Kier molecular flexibility index (Phi) is 4.80. The van der Waals surface area contributed by atoms with E-state index in [0.717, 1.165) is 32.1 Å². The molecule has 0 aliphatic carbocycles. The van der Waals surface area contributed by atoms with Gasteiger partial charge in [-0.15, -0.1) is 11.3 Å². The molecule has 0 spiro atoms. The number of halogens is 2. The lowest BCUT2D eigenvalue weighted by Crippen LogP contribution is -2.27.